The van der Waals surface area contributed by atoms with E-state index in [0.717, 1.165) is 40.2 Å². The van der Waals surface area contributed by atoms with Gasteiger partial charge in [-0.2, -0.15) is 5.10 Å². The van der Waals surface area contributed by atoms with Gasteiger partial charge in [0.2, 0.25) is 0 Å². The summed E-state index contributed by atoms with van der Waals surface area (Å²) in [7, 11) is 1.65. The van der Waals surface area contributed by atoms with E-state index in [0.29, 0.717) is 12.2 Å². The van der Waals surface area contributed by atoms with Gasteiger partial charge >= 0.3 is 0 Å². The first-order valence-corrected chi connectivity index (χ1v) is 8.88. The standard InChI is InChI=1S/C21H25N3O3/c1-14-19(15(2)24(22-14)9-10-25)11-16-7-8-21(27-3)20(12-16)17-5-4-6-18(13-17)23-26/h4-8,12-13,23,25-26H,9-11H2,1-3H3. The minimum absolute atomic E-state index is 0.0727. The summed E-state index contributed by atoms with van der Waals surface area (Å²) in [5, 5.41) is 22.9. The van der Waals surface area contributed by atoms with Gasteiger partial charge < -0.3 is 9.84 Å². The molecule has 0 spiro atoms. The first-order valence-electron chi connectivity index (χ1n) is 8.88. The van der Waals surface area contributed by atoms with Crippen molar-refractivity contribution >= 4 is 5.69 Å². The molecule has 1 aromatic heterocycles. The summed E-state index contributed by atoms with van der Waals surface area (Å²) in [6.45, 7) is 4.60. The molecule has 0 amide bonds. The van der Waals surface area contributed by atoms with Gasteiger partial charge in [0, 0.05) is 23.2 Å². The number of aliphatic hydroxyl groups is 1. The van der Waals surface area contributed by atoms with Crippen molar-refractivity contribution in [1.29, 1.82) is 0 Å². The zero-order valence-electron chi connectivity index (χ0n) is 15.9. The van der Waals surface area contributed by atoms with Crippen LogP contribution in [0.4, 0.5) is 5.69 Å². The largest absolute Gasteiger partial charge is 0.496 e. The van der Waals surface area contributed by atoms with E-state index >= 15 is 0 Å². The van der Waals surface area contributed by atoms with Crippen LogP contribution >= 0.6 is 0 Å². The van der Waals surface area contributed by atoms with E-state index in [1.807, 2.05) is 42.8 Å². The van der Waals surface area contributed by atoms with Crippen LogP contribution in [0.15, 0.2) is 42.5 Å². The number of benzene rings is 2. The van der Waals surface area contributed by atoms with Crippen molar-refractivity contribution in [3.05, 3.63) is 65.0 Å². The highest BCUT2D eigenvalue weighted by molar-refractivity contribution is 5.74. The number of nitrogens with zero attached hydrogens (tertiary/aromatic N) is 2. The predicted molar refractivity (Wildman–Crippen MR) is 105 cm³/mol. The summed E-state index contributed by atoms with van der Waals surface area (Å²) in [5.74, 6) is 0.776. The second kappa shape index (κ2) is 8.24. The van der Waals surface area contributed by atoms with E-state index in [9.17, 15) is 10.3 Å². The lowest BCUT2D eigenvalue weighted by atomic mass is 9.97. The van der Waals surface area contributed by atoms with E-state index in [1.54, 1.807) is 13.2 Å². The maximum atomic E-state index is 9.20. The fourth-order valence-electron chi connectivity index (χ4n) is 3.35. The molecule has 27 heavy (non-hydrogen) atoms. The summed E-state index contributed by atoms with van der Waals surface area (Å²) >= 11 is 0. The first-order chi connectivity index (χ1) is 13.1. The summed E-state index contributed by atoms with van der Waals surface area (Å²) in [6.07, 6.45) is 0.748. The first kappa shape index (κ1) is 18.9. The number of ether oxygens (including phenoxy) is 1. The van der Waals surface area contributed by atoms with Crippen LogP contribution in [0, 0.1) is 13.8 Å². The lowest BCUT2D eigenvalue weighted by molar-refractivity contribution is 0.268. The van der Waals surface area contributed by atoms with Crippen molar-refractivity contribution in [2.45, 2.75) is 26.8 Å². The van der Waals surface area contributed by atoms with Gasteiger partial charge in [-0.3, -0.25) is 15.4 Å². The van der Waals surface area contributed by atoms with Crippen LogP contribution in [-0.2, 0) is 13.0 Å². The fourth-order valence-corrected chi connectivity index (χ4v) is 3.35. The van der Waals surface area contributed by atoms with Gasteiger partial charge in [0.15, 0.2) is 0 Å². The van der Waals surface area contributed by atoms with Crippen molar-refractivity contribution in [2.24, 2.45) is 0 Å². The highest BCUT2D eigenvalue weighted by Gasteiger charge is 2.14. The van der Waals surface area contributed by atoms with Crippen LogP contribution in [0.5, 0.6) is 5.75 Å². The Hall–Kier alpha value is -2.83. The normalized spacial score (nSPS) is 10.9. The molecule has 1 heterocycles. The number of methoxy groups -OCH3 is 1. The lowest BCUT2D eigenvalue weighted by Crippen LogP contribution is -2.06. The molecular weight excluding hydrogens is 342 g/mol. The number of aromatic nitrogens is 2. The zero-order chi connectivity index (χ0) is 19.4. The van der Waals surface area contributed by atoms with Crippen LogP contribution in [0.1, 0.15) is 22.5 Å². The molecule has 3 N–H and O–H groups in total. The Bertz CT molecular complexity index is 934. The molecule has 6 heteroatoms. The van der Waals surface area contributed by atoms with Gasteiger partial charge in [-0.1, -0.05) is 18.2 Å². The SMILES string of the molecule is COc1ccc(Cc2c(C)nn(CCO)c2C)cc1-c1cccc(NO)c1. The molecule has 3 aromatic rings. The average molecular weight is 367 g/mol. The molecule has 0 atom stereocenters. The summed E-state index contributed by atoms with van der Waals surface area (Å²) in [5.41, 5.74) is 9.09. The molecule has 0 aliphatic heterocycles. The van der Waals surface area contributed by atoms with Crippen LogP contribution < -0.4 is 10.2 Å². The Balaban J connectivity index is 1.99. The van der Waals surface area contributed by atoms with Crippen molar-refractivity contribution in [3.8, 4) is 16.9 Å². The van der Waals surface area contributed by atoms with Gasteiger partial charge in [0.25, 0.3) is 0 Å². The molecule has 2 aromatic carbocycles. The molecule has 0 saturated carbocycles. The Kier molecular flexibility index (Phi) is 5.78. The lowest BCUT2D eigenvalue weighted by Gasteiger charge is -2.12. The molecule has 3 rings (SSSR count). The number of anilines is 1. The monoisotopic (exact) mass is 367 g/mol. The Morgan fingerprint density at radius 2 is 1.96 bits per heavy atom. The van der Waals surface area contributed by atoms with Gasteiger partial charge in [-0.25, -0.2) is 0 Å². The third kappa shape index (κ3) is 3.97. The Morgan fingerprint density at radius 3 is 2.67 bits per heavy atom. The molecule has 0 aliphatic rings. The summed E-state index contributed by atoms with van der Waals surface area (Å²) in [6, 6.07) is 13.7. The smallest absolute Gasteiger partial charge is 0.126 e. The number of nitrogens with one attached hydrogen (secondary N) is 1. The molecule has 142 valence electrons. The number of hydrogen-bond donors (Lipinski definition) is 3. The van der Waals surface area contributed by atoms with Gasteiger partial charge in [0.05, 0.1) is 31.6 Å². The van der Waals surface area contributed by atoms with Crippen molar-refractivity contribution in [3.63, 3.8) is 0 Å². The van der Waals surface area contributed by atoms with E-state index in [1.165, 1.54) is 5.56 Å². The second-order valence-electron chi connectivity index (χ2n) is 6.50. The van der Waals surface area contributed by atoms with E-state index in [2.05, 4.69) is 22.7 Å². The van der Waals surface area contributed by atoms with Crippen LogP contribution in [0.3, 0.4) is 0 Å². The second-order valence-corrected chi connectivity index (χ2v) is 6.50. The maximum absolute atomic E-state index is 9.20. The molecule has 0 fully saturated rings. The molecule has 6 nitrogen and oxygen atoms in total. The summed E-state index contributed by atoms with van der Waals surface area (Å²) in [4.78, 5) is 0. The van der Waals surface area contributed by atoms with Crippen LogP contribution in [0.25, 0.3) is 11.1 Å². The highest BCUT2D eigenvalue weighted by atomic mass is 16.5. The molecule has 0 bridgehead atoms. The molecule has 0 saturated heterocycles. The van der Waals surface area contributed by atoms with Crippen LogP contribution in [0.2, 0.25) is 0 Å². The molecular formula is C21H25N3O3. The number of rotatable bonds is 7. The van der Waals surface area contributed by atoms with E-state index in [-0.39, 0.29) is 6.61 Å². The highest BCUT2D eigenvalue weighted by Crippen LogP contribution is 2.33. The van der Waals surface area contributed by atoms with Crippen molar-refractivity contribution in [1.82, 2.24) is 9.78 Å². The van der Waals surface area contributed by atoms with E-state index < -0.39 is 0 Å². The van der Waals surface area contributed by atoms with Crippen molar-refractivity contribution in [2.75, 3.05) is 19.2 Å². The number of aryl methyl sites for hydroxylation is 1. The van der Waals surface area contributed by atoms with Gasteiger partial charge in [0.1, 0.15) is 5.75 Å². The van der Waals surface area contributed by atoms with Crippen LogP contribution in [-0.4, -0.2) is 33.8 Å². The average Bonchev–Trinajstić information content (AvgIpc) is 2.95. The zero-order valence-corrected chi connectivity index (χ0v) is 15.9. The maximum Gasteiger partial charge on any atom is 0.126 e. The minimum atomic E-state index is 0.0727. The van der Waals surface area contributed by atoms with E-state index in [4.69, 9.17) is 4.74 Å². The third-order valence-electron chi connectivity index (χ3n) is 4.79. The molecule has 0 unspecified atom stereocenters. The topological polar surface area (TPSA) is 79.5 Å². The van der Waals surface area contributed by atoms with Gasteiger partial charge in [-0.05, 0) is 49.2 Å². The fraction of sp³-hybridized carbons (Fsp3) is 0.286. The predicted octanol–water partition coefficient (Wildman–Crippen LogP) is 3.56. The molecule has 0 aliphatic carbocycles. The van der Waals surface area contributed by atoms with Gasteiger partial charge in [-0.15, -0.1) is 0 Å². The minimum Gasteiger partial charge on any atom is -0.496 e. The Morgan fingerprint density at radius 1 is 1.15 bits per heavy atom. The number of hydrogen-bond acceptors (Lipinski definition) is 5. The number of aliphatic hydroxyl groups excluding tert-OH is 1. The third-order valence-corrected chi connectivity index (χ3v) is 4.79. The quantitative estimate of drug-likeness (QED) is 0.557. The Labute approximate surface area is 159 Å². The summed E-state index contributed by atoms with van der Waals surface area (Å²) < 4.78 is 7.39. The molecule has 0 radical (unpaired) electrons. The van der Waals surface area contributed by atoms with Crippen molar-refractivity contribution < 1.29 is 15.1 Å².